The number of fused-ring (bicyclic) bond motifs is 1. The zero-order valence-electron chi connectivity index (χ0n) is 12.6. The van der Waals surface area contributed by atoms with E-state index in [1.165, 1.54) is 18.2 Å². The van der Waals surface area contributed by atoms with Crippen LogP contribution in [0.15, 0.2) is 36.4 Å². The van der Waals surface area contributed by atoms with Gasteiger partial charge in [-0.05, 0) is 6.07 Å². The van der Waals surface area contributed by atoms with E-state index in [0.717, 1.165) is 12.1 Å². The zero-order chi connectivity index (χ0) is 17.3. The lowest BCUT2D eigenvalue weighted by Crippen LogP contribution is -2.39. The number of rotatable bonds is 3. The molecule has 2 unspecified atom stereocenters. The first-order chi connectivity index (χ1) is 11.5. The van der Waals surface area contributed by atoms with E-state index in [1.54, 1.807) is 6.07 Å². The zero-order valence-corrected chi connectivity index (χ0v) is 12.6. The molecule has 2 aromatic rings. The van der Waals surface area contributed by atoms with Gasteiger partial charge in [-0.15, -0.1) is 0 Å². The van der Waals surface area contributed by atoms with Crippen LogP contribution in [0.1, 0.15) is 29.6 Å². The van der Waals surface area contributed by atoms with E-state index in [1.807, 2.05) is 0 Å². The summed E-state index contributed by atoms with van der Waals surface area (Å²) in [5, 5.41) is 2.59. The number of amides is 1. The fraction of sp³-hybridized carbons (Fsp3) is 0.235. The summed E-state index contributed by atoms with van der Waals surface area (Å²) >= 11 is 0. The van der Waals surface area contributed by atoms with E-state index in [-0.39, 0.29) is 23.5 Å². The highest BCUT2D eigenvalue weighted by atomic mass is 19.1. The Hall–Kier alpha value is -2.54. The van der Waals surface area contributed by atoms with Gasteiger partial charge in [-0.3, -0.25) is 4.79 Å². The SMILES string of the molecule is NC(C(=O)NC1CCOc2cc(F)cc(F)c21)c1ccccc1F. The van der Waals surface area contributed by atoms with Crippen LogP contribution in [-0.4, -0.2) is 12.5 Å². The number of halogens is 3. The first-order valence-electron chi connectivity index (χ1n) is 7.39. The Bertz CT molecular complexity index is 782. The van der Waals surface area contributed by atoms with Gasteiger partial charge in [-0.25, -0.2) is 13.2 Å². The maximum atomic E-state index is 14.1. The Labute approximate surface area is 136 Å². The molecule has 7 heteroatoms. The van der Waals surface area contributed by atoms with Crippen molar-refractivity contribution in [2.45, 2.75) is 18.5 Å². The average Bonchev–Trinajstić information content (AvgIpc) is 2.54. The van der Waals surface area contributed by atoms with E-state index in [0.29, 0.717) is 6.42 Å². The van der Waals surface area contributed by atoms with Crippen LogP contribution in [0.2, 0.25) is 0 Å². The van der Waals surface area contributed by atoms with Gasteiger partial charge in [0.15, 0.2) is 0 Å². The van der Waals surface area contributed by atoms with Gasteiger partial charge in [0, 0.05) is 24.1 Å². The summed E-state index contributed by atoms with van der Waals surface area (Å²) < 4.78 is 46.3. The first kappa shape index (κ1) is 16.3. The highest BCUT2D eigenvalue weighted by molar-refractivity contribution is 5.83. The Morgan fingerprint density at radius 3 is 2.71 bits per heavy atom. The maximum absolute atomic E-state index is 14.1. The molecule has 1 heterocycles. The lowest BCUT2D eigenvalue weighted by molar-refractivity contribution is -0.123. The van der Waals surface area contributed by atoms with Crippen LogP contribution in [0.25, 0.3) is 0 Å². The molecule has 1 amide bonds. The van der Waals surface area contributed by atoms with Crippen molar-refractivity contribution in [1.29, 1.82) is 0 Å². The molecule has 0 aromatic heterocycles. The second kappa shape index (κ2) is 6.52. The Morgan fingerprint density at radius 2 is 1.96 bits per heavy atom. The van der Waals surface area contributed by atoms with Crippen molar-refractivity contribution >= 4 is 5.91 Å². The predicted molar refractivity (Wildman–Crippen MR) is 80.7 cm³/mol. The van der Waals surface area contributed by atoms with Crippen LogP contribution in [0.5, 0.6) is 5.75 Å². The predicted octanol–water partition coefficient (Wildman–Crippen LogP) is 2.74. The van der Waals surface area contributed by atoms with E-state index >= 15 is 0 Å². The van der Waals surface area contributed by atoms with Gasteiger partial charge in [-0.2, -0.15) is 0 Å². The van der Waals surface area contributed by atoms with Crippen LogP contribution in [0, 0.1) is 17.5 Å². The molecule has 0 bridgehead atoms. The summed E-state index contributed by atoms with van der Waals surface area (Å²) in [6.07, 6.45) is 0.297. The first-order valence-corrected chi connectivity index (χ1v) is 7.39. The van der Waals surface area contributed by atoms with Crippen LogP contribution in [0.4, 0.5) is 13.2 Å². The molecule has 0 saturated carbocycles. The highest BCUT2D eigenvalue weighted by Crippen LogP contribution is 2.35. The summed E-state index contributed by atoms with van der Waals surface area (Å²) in [7, 11) is 0. The van der Waals surface area contributed by atoms with Crippen molar-refractivity contribution in [2.24, 2.45) is 5.73 Å². The molecular formula is C17H15F3N2O2. The van der Waals surface area contributed by atoms with Gasteiger partial charge in [0.05, 0.1) is 18.2 Å². The molecule has 0 spiro atoms. The molecule has 1 aliphatic heterocycles. The number of carbonyl (C=O) groups excluding carboxylic acids is 1. The lowest BCUT2D eigenvalue weighted by Gasteiger charge is -2.28. The molecule has 0 aliphatic carbocycles. The number of benzene rings is 2. The van der Waals surface area contributed by atoms with Crippen molar-refractivity contribution in [3.8, 4) is 5.75 Å². The van der Waals surface area contributed by atoms with Crippen LogP contribution >= 0.6 is 0 Å². The molecule has 4 nitrogen and oxygen atoms in total. The molecule has 1 aliphatic rings. The third kappa shape index (κ3) is 3.07. The smallest absolute Gasteiger partial charge is 0.242 e. The fourth-order valence-corrected chi connectivity index (χ4v) is 2.72. The molecule has 0 fully saturated rings. The van der Waals surface area contributed by atoms with Gasteiger partial charge in [-0.1, -0.05) is 18.2 Å². The molecule has 2 atom stereocenters. The van der Waals surface area contributed by atoms with Gasteiger partial charge in [0.1, 0.15) is 29.2 Å². The van der Waals surface area contributed by atoms with Crippen LogP contribution in [-0.2, 0) is 4.79 Å². The standard InChI is InChI=1S/C17H15F3N2O2/c18-9-7-12(20)15-13(5-6-24-14(15)8-9)22-17(23)16(21)10-3-1-2-4-11(10)19/h1-4,7-8,13,16H,5-6,21H2,(H,22,23). The second-order valence-electron chi connectivity index (χ2n) is 5.50. The van der Waals surface area contributed by atoms with E-state index in [4.69, 9.17) is 10.5 Å². The molecule has 0 saturated heterocycles. The Morgan fingerprint density at radius 1 is 1.21 bits per heavy atom. The average molecular weight is 336 g/mol. The van der Waals surface area contributed by atoms with Gasteiger partial charge < -0.3 is 15.8 Å². The topological polar surface area (TPSA) is 64.4 Å². The summed E-state index contributed by atoms with van der Waals surface area (Å²) in [6, 6.07) is 5.50. The molecular weight excluding hydrogens is 321 g/mol. The molecule has 0 radical (unpaired) electrons. The molecule has 2 aromatic carbocycles. The Kier molecular flexibility index (Phi) is 4.44. The summed E-state index contributed by atoms with van der Waals surface area (Å²) in [5.41, 5.74) is 5.91. The fourth-order valence-electron chi connectivity index (χ4n) is 2.72. The number of ether oxygens (including phenoxy) is 1. The second-order valence-corrected chi connectivity index (χ2v) is 5.50. The minimum atomic E-state index is -1.24. The maximum Gasteiger partial charge on any atom is 0.242 e. The van der Waals surface area contributed by atoms with Gasteiger partial charge >= 0.3 is 0 Å². The van der Waals surface area contributed by atoms with Crippen molar-refractivity contribution in [2.75, 3.05) is 6.61 Å². The number of nitrogens with two attached hydrogens (primary N) is 1. The third-order valence-electron chi connectivity index (χ3n) is 3.91. The van der Waals surface area contributed by atoms with Crippen molar-refractivity contribution in [3.05, 3.63) is 65.0 Å². The highest BCUT2D eigenvalue weighted by Gasteiger charge is 2.29. The van der Waals surface area contributed by atoms with Gasteiger partial charge in [0.25, 0.3) is 0 Å². The van der Waals surface area contributed by atoms with Gasteiger partial charge in [0.2, 0.25) is 5.91 Å². The van der Waals surface area contributed by atoms with Crippen LogP contribution in [0.3, 0.4) is 0 Å². The number of nitrogens with one attached hydrogen (secondary N) is 1. The normalized spacial score (nSPS) is 17.6. The summed E-state index contributed by atoms with van der Waals surface area (Å²) in [4.78, 5) is 12.3. The number of carbonyl (C=O) groups is 1. The summed E-state index contributed by atoms with van der Waals surface area (Å²) in [5.74, 6) is -2.78. The molecule has 3 N–H and O–H groups in total. The van der Waals surface area contributed by atoms with Crippen LogP contribution < -0.4 is 15.8 Å². The monoisotopic (exact) mass is 336 g/mol. The molecule has 24 heavy (non-hydrogen) atoms. The lowest BCUT2D eigenvalue weighted by atomic mass is 9.98. The third-order valence-corrected chi connectivity index (χ3v) is 3.91. The number of hydrogen-bond acceptors (Lipinski definition) is 3. The van der Waals surface area contributed by atoms with E-state index in [9.17, 15) is 18.0 Å². The number of hydrogen-bond donors (Lipinski definition) is 2. The quantitative estimate of drug-likeness (QED) is 0.906. The largest absolute Gasteiger partial charge is 0.493 e. The minimum Gasteiger partial charge on any atom is -0.493 e. The summed E-state index contributed by atoms with van der Waals surface area (Å²) in [6.45, 7) is 0.190. The molecule has 126 valence electrons. The van der Waals surface area contributed by atoms with Crippen molar-refractivity contribution in [1.82, 2.24) is 5.32 Å². The van der Waals surface area contributed by atoms with Crippen molar-refractivity contribution < 1.29 is 22.7 Å². The Balaban J connectivity index is 1.83. The van der Waals surface area contributed by atoms with E-state index < -0.39 is 35.4 Å². The minimum absolute atomic E-state index is 0.0434. The van der Waals surface area contributed by atoms with Crippen molar-refractivity contribution in [3.63, 3.8) is 0 Å². The molecule has 3 rings (SSSR count). The van der Waals surface area contributed by atoms with E-state index in [2.05, 4.69) is 5.32 Å².